The molecule has 5 nitrogen and oxygen atoms in total. The van der Waals surface area contributed by atoms with E-state index in [1.165, 1.54) is 0 Å². The van der Waals surface area contributed by atoms with Gasteiger partial charge in [-0.05, 0) is 49.6 Å². The SMILES string of the molecule is CCOc1ccccc1/C=C/C(=O)N(C)Cc1ccc(C(=O)NC2CC2)cc1. The fraction of sp³-hybridized carbons (Fsp3) is 0.304. The third-order valence-corrected chi connectivity index (χ3v) is 4.55. The zero-order valence-electron chi connectivity index (χ0n) is 16.4. The van der Waals surface area contributed by atoms with Crippen molar-refractivity contribution in [3.8, 4) is 5.75 Å². The van der Waals surface area contributed by atoms with Gasteiger partial charge in [0.2, 0.25) is 5.91 Å². The summed E-state index contributed by atoms with van der Waals surface area (Å²) < 4.78 is 5.57. The smallest absolute Gasteiger partial charge is 0.251 e. The Morgan fingerprint density at radius 2 is 1.86 bits per heavy atom. The van der Waals surface area contributed by atoms with Gasteiger partial charge < -0.3 is 15.0 Å². The molecule has 1 aliphatic rings. The summed E-state index contributed by atoms with van der Waals surface area (Å²) in [4.78, 5) is 26.1. The molecule has 0 bridgehead atoms. The molecule has 0 heterocycles. The fourth-order valence-corrected chi connectivity index (χ4v) is 2.80. The molecule has 5 heteroatoms. The van der Waals surface area contributed by atoms with Crippen LogP contribution in [0.5, 0.6) is 5.75 Å². The number of benzene rings is 2. The zero-order chi connectivity index (χ0) is 19.9. The van der Waals surface area contributed by atoms with Crippen molar-refractivity contribution < 1.29 is 14.3 Å². The van der Waals surface area contributed by atoms with Gasteiger partial charge in [-0.25, -0.2) is 0 Å². The number of carbonyl (C=O) groups excluding carboxylic acids is 2. The number of amides is 2. The highest BCUT2D eigenvalue weighted by molar-refractivity contribution is 5.94. The average Bonchev–Trinajstić information content (AvgIpc) is 3.51. The number of para-hydroxylation sites is 1. The lowest BCUT2D eigenvalue weighted by Gasteiger charge is -2.15. The Morgan fingerprint density at radius 3 is 2.54 bits per heavy atom. The molecule has 0 aromatic heterocycles. The van der Waals surface area contributed by atoms with Crippen molar-refractivity contribution in [1.82, 2.24) is 10.2 Å². The van der Waals surface area contributed by atoms with E-state index in [9.17, 15) is 9.59 Å². The van der Waals surface area contributed by atoms with E-state index in [0.29, 0.717) is 24.8 Å². The van der Waals surface area contributed by atoms with Crippen LogP contribution >= 0.6 is 0 Å². The maximum Gasteiger partial charge on any atom is 0.251 e. The van der Waals surface area contributed by atoms with Crippen LogP contribution in [0.2, 0.25) is 0 Å². The fourth-order valence-electron chi connectivity index (χ4n) is 2.80. The number of nitrogens with zero attached hydrogens (tertiary/aromatic N) is 1. The Balaban J connectivity index is 1.57. The van der Waals surface area contributed by atoms with Crippen LogP contribution in [-0.4, -0.2) is 36.4 Å². The van der Waals surface area contributed by atoms with Crippen LogP contribution in [0.3, 0.4) is 0 Å². The highest BCUT2D eigenvalue weighted by Gasteiger charge is 2.23. The van der Waals surface area contributed by atoms with Crippen molar-refractivity contribution in [3.05, 3.63) is 71.3 Å². The van der Waals surface area contributed by atoms with Gasteiger partial charge in [0.05, 0.1) is 6.61 Å². The largest absolute Gasteiger partial charge is 0.493 e. The predicted octanol–water partition coefficient (Wildman–Crippen LogP) is 3.65. The van der Waals surface area contributed by atoms with Gasteiger partial charge in [-0.1, -0.05) is 30.3 Å². The van der Waals surface area contributed by atoms with Gasteiger partial charge in [0.25, 0.3) is 5.91 Å². The zero-order valence-corrected chi connectivity index (χ0v) is 16.4. The van der Waals surface area contributed by atoms with Crippen molar-refractivity contribution in [2.45, 2.75) is 32.4 Å². The third kappa shape index (κ3) is 5.46. The van der Waals surface area contributed by atoms with Crippen LogP contribution in [0.4, 0.5) is 0 Å². The first-order valence-electron chi connectivity index (χ1n) is 9.61. The summed E-state index contributed by atoms with van der Waals surface area (Å²) >= 11 is 0. The van der Waals surface area contributed by atoms with E-state index in [4.69, 9.17) is 4.74 Å². The van der Waals surface area contributed by atoms with E-state index < -0.39 is 0 Å². The molecular formula is C23H26N2O3. The quantitative estimate of drug-likeness (QED) is 0.714. The highest BCUT2D eigenvalue weighted by Crippen LogP contribution is 2.20. The summed E-state index contributed by atoms with van der Waals surface area (Å²) in [5.41, 5.74) is 2.50. The summed E-state index contributed by atoms with van der Waals surface area (Å²) in [5.74, 6) is 0.632. The maximum absolute atomic E-state index is 12.4. The Morgan fingerprint density at radius 1 is 1.14 bits per heavy atom. The molecule has 146 valence electrons. The number of rotatable bonds is 8. The number of nitrogens with one attached hydrogen (secondary N) is 1. The summed E-state index contributed by atoms with van der Waals surface area (Å²) in [6.07, 6.45) is 5.46. The number of hydrogen-bond donors (Lipinski definition) is 1. The monoisotopic (exact) mass is 378 g/mol. The molecule has 0 radical (unpaired) electrons. The summed E-state index contributed by atoms with van der Waals surface area (Å²) in [5, 5.41) is 2.97. The minimum Gasteiger partial charge on any atom is -0.493 e. The van der Waals surface area contributed by atoms with Crippen LogP contribution in [0, 0.1) is 0 Å². The van der Waals surface area contributed by atoms with Crippen LogP contribution in [0.15, 0.2) is 54.6 Å². The van der Waals surface area contributed by atoms with Crippen LogP contribution in [0.25, 0.3) is 6.08 Å². The molecule has 3 rings (SSSR count). The second-order valence-electron chi connectivity index (χ2n) is 6.94. The molecule has 1 N–H and O–H groups in total. The van der Waals surface area contributed by atoms with Gasteiger partial charge in [-0.3, -0.25) is 9.59 Å². The van der Waals surface area contributed by atoms with E-state index in [-0.39, 0.29) is 11.8 Å². The van der Waals surface area contributed by atoms with Crippen molar-refractivity contribution >= 4 is 17.9 Å². The number of hydrogen-bond acceptors (Lipinski definition) is 3. The van der Waals surface area contributed by atoms with Gasteiger partial charge in [-0.2, -0.15) is 0 Å². The van der Waals surface area contributed by atoms with E-state index in [1.807, 2.05) is 43.3 Å². The molecule has 0 atom stereocenters. The van der Waals surface area contributed by atoms with E-state index in [1.54, 1.807) is 36.2 Å². The lowest BCUT2D eigenvalue weighted by molar-refractivity contribution is -0.125. The lowest BCUT2D eigenvalue weighted by atomic mass is 10.1. The molecular weight excluding hydrogens is 352 g/mol. The van der Waals surface area contributed by atoms with Gasteiger partial charge in [-0.15, -0.1) is 0 Å². The Bertz CT molecular complexity index is 854. The molecule has 1 aliphatic carbocycles. The van der Waals surface area contributed by atoms with Crippen molar-refractivity contribution in [2.24, 2.45) is 0 Å². The van der Waals surface area contributed by atoms with Crippen LogP contribution in [-0.2, 0) is 11.3 Å². The second-order valence-corrected chi connectivity index (χ2v) is 6.94. The molecule has 2 amide bonds. The van der Waals surface area contributed by atoms with E-state index in [0.717, 1.165) is 29.7 Å². The molecule has 0 saturated heterocycles. The lowest BCUT2D eigenvalue weighted by Crippen LogP contribution is -2.26. The van der Waals surface area contributed by atoms with Gasteiger partial charge in [0.15, 0.2) is 0 Å². The molecule has 0 spiro atoms. The second kappa shape index (κ2) is 9.22. The normalized spacial score (nSPS) is 13.4. The molecule has 0 unspecified atom stereocenters. The minimum atomic E-state index is -0.0955. The first kappa shape index (κ1) is 19.7. The van der Waals surface area contributed by atoms with Crippen molar-refractivity contribution in [1.29, 1.82) is 0 Å². The molecule has 2 aromatic carbocycles. The molecule has 1 saturated carbocycles. The molecule has 2 aromatic rings. The Labute approximate surface area is 166 Å². The minimum absolute atomic E-state index is 0.0330. The number of likely N-dealkylation sites (N-methyl/N-ethyl adjacent to an activating group) is 1. The first-order chi connectivity index (χ1) is 13.6. The number of ether oxygens (including phenoxy) is 1. The van der Waals surface area contributed by atoms with E-state index in [2.05, 4.69) is 5.32 Å². The van der Waals surface area contributed by atoms with Gasteiger partial charge in [0.1, 0.15) is 5.75 Å². The van der Waals surface area contributed by atoms with Crippen LogP contribution < -0.4 is 10.1 Å². The van der Waals surface area contributed by atoms with Crippen molar-refractivity contribution in [2.75, 3.05) is 13.7 Å². The standard InChI is InChI=1S/C23H26N2O3/c1-3-28-21-7-5-4-6-18(21)12-15-22(26)25(2)16-17-8-10-19(11-9-17)23(27)24-20-13-14-20/h4-12,15,20H,3,13-14,16H2,1-2H3,(H,24,27)/b15-12+. The van der Waals surface area contributed by atoms with Crippen LogP contribution in [0.1, 0.15) is 41.3 Å². The summed E-state index contributed by atoms with van der Waals surface area (Å²) in [6.45, 7) is 2.98. The topological polar surface area (TPSA) is 58.6 Å². The summed E-state index contributed by atoms with van der Waals surface area (Å²) in [6, 6.07) is 15.4. The summed E-state index contributed by atoms with van der Waals surface area (Å²) in [7, 11) is 1.76. The Kier molecular flexibility index (Phi) is 6.48. The maximum atomic E-state index is 12.4. The molecule has 0 aliphatic heterocycles. The molecule has 1 fully saturated rings. The highest BCUT2D eigenvalue weighted by atomic mass is 16.5. The van der Waals surface area contributed by atoms with Crippen molar-refractivity contribution in [3.63, 3.8) is 0 Å². The molecule has 28 heavy (non-hydrogen) atoms. The average molecular weight is 378 g/mol. The third-order valence-electron chi connectivity index (χ3n) is 4.55. The predicted molar refractivity (Wildman–Crippen MR) is 110 cm³/mol. The van der Waals surface area contributed by atoms with Gasteiger partial charge in [0, 0.05) is 36.8 Å². The first-order valence-corrected chi connectivity index (χ1v) is 9.61. The van der Waals surface area contributed by atoms with E-state index >= 15 is 0 Å². The number of carbonyl (C=O) groups is 2. The van der Waals surface area contributed by atoms with Gasteiger partial charge >= 0.3 is 0 Å². The Hall–Kier alpha value is -3.08.